The molecule has 29 heavy (non-hydrogen) atoms. The van der Waals surface area contributed by atoms with Gasteiger partial charge in [-0.3, -0.25) is 9.48 Å². The minimum atomic E-state index is -4.69. The Hall–Kier alpha value is -2.07. The predicted octanol–water partition coefficient (Wildman–Crippen LogP) is 5.72. The van der Waals surface area contributed by atoms with Crippen LogP contribution < -0.4 is 10.1 Å². The number of carbonyl (C=O) groups is 1. The number of anilines is 1. The fourth-order valence-corrected chi connectivity index (χ4v) is 3.37. The maximum Gasteiger partial charge on any atom is 0.436 e. The summed E-state index contributed by atoms with van der Waals surface area (Å²) in [5.74, 6) is -0.875. The number of hydrogen-bond donors (Lipinski definition) is 1. The molecule has 0 radical (unpaired) electrons. The summed E-state index contributed by atoms with van der Waals surface area (Å²) in [5, 5.41) is 5.47. The van der Waals surface area contributed by atoms with Gasteiger partial charge in [-0.15, -0.1) is 0 Å². The first-order valence-electron chi connectivity index (χ1n) is 8.44. The third-order valence-corrected chi connectivity index (χ3v) is 4.81. The maximum atomic E-state index is 13.1. The summed E-state index contributed by atoms with van der Waals surface area (Å²) in [7, 11) is 0. The highest BCUT2D eigenvalue weighted by Gasteiger charge is 2.42. The number of benzene rings is 1. The Kier molecular flexibility index (Phi) is 6.23. The van der Waals surface area contributed by atoms with E-state index in [0.29, 0.717) is 12.8 Å². The van der Waals surface area contributed by atoms with Crippen molar-refractivity contribution in [3.63, 3.8) is 0 Å². The van der Waals surface area contributed by atoms with Gasteiger partial charge >= 0.3 is 12.8 Å². The van der Waals surface area contributed by atoms with E-state index >= 15 is 0 Å². The average molecular weight is 458 g/mol. The molecule has 1 aromatic carbocycles. The zero-order chi connectivity index (χ0) is 21.3. The highest BCUT2D eigenvalue weighted by molar-refractivity contribution is 6.32. The molecule has 3 rings (SSSR count). The number of carbonyl (C=O) groups excluding carboxylic acids is 1. The van der Waals surface area contributed by atoms with Crippen LogP contribution in [0.5, 0.6) is 5.75 Å². The van der Waals surface area contributed by atoms with Crippen molar-refractivity contribution >= 4 is 34.8 Å². The monoisotopic (exact) mass is 457 g/mol. The maximum absolute atomic E-state index is 13.1. The number of nitrogens with zero attached hydrogens (tertiary/aromatic N) is 2. The summed E-state index contributed by atoms with van der Waals surface area (Å²) in [6, 6.07) is 3.70. The number of aromatic nitrogens is 2. The number of halogens is 7. The van der Waals surface area contributed by atoms with Crippen LogP contribution in [0.2, 0.25) is 10.0 Å². The summed E-state index contributed by atoms with van der Waals surface area (Å²) in [6.45, 7) is -3.15. The van der Waals surface area contributed by atoms with E-state index < -0.39 is 29.4 Å². The molecule has 0 unspecified atom stereocenters. The van der Waals surface area contributed by atoms with Gasteiger partial charge in [0.15, 0.2) is 5.69 Å². The Morgan fingerprint density at radius 2 is 2.00 bits per heavy atom. The van der Waals surface area contributed by atoms with E-state index in [2.05, 4.69) is 15.2 Å². The van der Waals surface area contributed by atoms with Crippen molar-refractivity contribution in [3.05, 3.63) is 39.6 Å². The van der Waals surface area contributed by atoms with Gasteiger partial charge in [0.2, 0.25) is 5.91 Å². The van der Waals surface area contributed by atoms with Gasteiger partial charge in [0.1, 0.15) is 5.75 Å². The largest absolute Gasteiger partial charge is 0.436 e. The van der Waals surface area contributed by atoms with Crippen molar-refractivity contribution in [3.8, 4) is 5.75 Å². The first-order chi connectivity index (χ1) is 13.6. The van der Waals surface area contributed by atoms with Gasteiger partial charge in [0.05, 0.1) is 22.3 Å². The van der Waals surface area contributed by atoms with Gasteiger partial charge in [-0.1, -0.05) is 23.2 Å². The number of alkyl halides is 5. The number of aryl methyl sites for hydroxylation is 1. The molecule has 1 aliphatic rings. The fraction of sp³-hybridized carbons (Fsp3) is 0.412. The number of rotatable bonds is 7. The molecule has 0 atom stereocenters. The van der Waals surface area contributed by atoms with E-state index in [-0.39, 0.29) is 41.0 Å². The molecule has 1 heterocycles. The summed E-state index contributed by atoms with van der Waals surface area (Å²) >= 11 is 11.7. The van der Waals surface area contributed by atoms with E-state index in [4.69, 9.17) is 23.2 Å². The van der Waals surface area contributed by atoms with Crippen LogP contribution in [0.25, 0.3) is 0 Å². The third-order valence-electron chi connectivity index (χ3n) is 4.15. The van der Waals surface area contributed by atoms with Gasteiger partial charge in [-0.25, -0.2) is 0 Å². The van der Waals surface area contributed by atoms with Gasteiger partial charge in [0.25, 0.3) is 0 Å². The summed E-state index contributed by atoms with van der Waals surface area (Å²) in [4.78, 5) is 12.1. The second kappa shape index (κ2) is 8.35. The molecule has 1 saturated carbocycles. The van der Waals surface area contributed by atoms with Crippen LogP contribution in [-0.2, 0) is 17.5 Å². The van der Waals surface area contributed by atoms with E-state index in [0.717, 1.165) is 10.7 Å². The Labute approximate surface area is 171 Å². The molecule has 2 aromatic rings. The molecule has 1 fully saturated rings. The Balaban J connectivity index is 1.66. The zero-order valence-corrected chi connectivity index (χ0v) is 16.1. The standard InChI is InChI=1S/C17H14Cl2F5N3O2/c18-10-7-9(3-4-11(10)29-16(20)21)25-12(28)5-6-27-14(8-1-2-8)13(19)15(26-27)17(22,23)24/h3-4,7-8,16H,1-2,5-6H2,(H,25,28). The van der Waals surface area contributed by atoms with Gasteiger partial charge in [0, 0.05) is 18.0 Å². The lowest BCUT2D eigenvalue weighted by Gasteiger charge is -2.10. The first kappa shape index (κ1) is 21.6. The smallest absolute Gasteiger partial charge is 0.433 e. The molecule has 1 aliphatic carbocycles. The number of hydrogen-bond acceptors (Lipinski definition) is 3. The average Bonchev–Trinajstić information content (AvgIpc) is 3.37. The Morgan fingerprint density at radius 1 is 1.31 bits per heavy atom. The lowest BCUT2D eigenvalue weighted by Crippen LogP contribution is -2.16. The minimum Gasteiger partial charge on any atom is -0.433 e. The molecule has 0 saturated heterocycles. The highest BCUT2D eigenvalue weighted by atomic mass is 35.5. The predicted molar refractivity (Wildman–Crippen MR) is 95.5 cm³/mol. The molecule has 1 N–H and O–H groups in total. The van der Waals surface area contributed by atoms with Gasteiger partial charge in [-0.2, -0.15) is 27.1 Å². The van der Waals surface area contributed by atoms with Crippen molar-refractivity contribution in [1.29, 1.82) is 0 Å². The topological polar surface area (TPSA) is 56.2 Å². The lowest BCUT2D eigenvalue weighted by molar-refractivity contribution is -0.141. The van der Waals surface area contributed by atoms with E-state index in [9.17, 15) is 26.7 Å². The van der Waals surface area contributed by atoms with Crippen LogP contribution in [-0.4, -0.2) is 22.3 Å². The van der Waals surface area contributed by atoms with Crippen LogP contribution in [0.15, 0.2) is 18.2 Å². The second-order valence-corrected chi connectivity index (χ2v) is 7.15. The number of ether oxygens (including phenoxy) is 1. The van der Waals surface area contributed by atoms with Crippen molar-refractivity contribution in [2.45, 2.75) is 44.5 Å². The molecular weight excluding hydrogens is 444 g/mol. The number of nitrogens with one attached hydrogen (secondary N) is 1. The molecular formula is C17H14Cl2F5N3O2. The van der Waals surface area contributed by atoms with Crippen LogP contribution in [0, 0.1) is 0 Å². The lowest BCUT2D eigenvalue weighted by atomic mass is 10.2. The van der Waals surface area contributed by atoms with E-state index in [1.165, 1.54) is 12.1 Å². The second-order valence-electron chi connectivity index (χ2n) is 6.36. The molecule has 1 aromatic heterocycles. The van der Waals surface area contributed by atoms with Crippen molar-refractivity contribution in [2.24, 2.45) is 0 Å². The molecule has 158 valence electrons. The van der Waals surface area contributed by atoms with Gasteiger partial charge < -0.3 is 10.1 Å². The van der Waals surface area contributed by atoms with Crippen molar-refractivity contribution in [2.75, 3.05) is 5.32 Å². The molecule has 1 amide bonds. The quantitative estimate of drug-likeness (QED) is 0.541. The first-order valence-corrected chi connectivity index (χ1v) is 9.19. The minimum absolute atomic E-state index is 0.102. The van der Waals surface area contributed by atoms with Gasteiger partial charge in [-0.05, 0) is 31.0 Å². The highest BCUT2D eigenvalue weighted by Crippen LogP contribution is 2.46. The summed E-state index contributed by atoms with van der Waals surface area (Å²) in [6.07, 6.45) is -3.45. The molecule has 5 nitrogen and oxygen atoms in total. The number of amides is 1. The third kappa shape index (κ3) is 5.30. The van der Waals surface area contributed by atoms with E-state index in [1.807, 2.05) is 0 Å². The van der Waals surface area contributed by atoms with E-state index in [1.54, 1.807) is 0 Å². The summed E-state index contributed by atoms with van der Waals surface area (Å²) < 4.78 is 68.9. The molecule has 0 aliphatic heterocycles. The SMILES string of the molecule is O=C(CCn1nc(C(F)(F)F)c(Cl)c1C1CC1)Nc1ccc(OC(F)F)c(Cl)c1. The molecule has 0 spiro atoms. The summed E-state index contributed by atoms with van der Waals surface area (Å²) in [5.41, 5.74) is -0.662. The zero-order valence-electron chi connectivity index (χ0n) is 14.6. The Bertz CT molecular complexity index is 913. The van der Waals surface area contributed by atoms with Crippen LogP contribution in [0.3, 0.4) is 0 Å². The van der Waals surface area contributed by atoms with Crippen LogP contribution >= 0.6 is 23.2 Å². The molecule has 0 bridgehead atoms. The van der Waals surface area contributed by atoms with Crippen LogP contribution in [0.1, 0.15) is 36.6 Å². The van der Waals surface area contributed by atoms with Crippen molar-refractivity contribution < 1.29 is 31.5 Å². The normalized spacial score (nSPS) is 14.3. The fourth-order valence-electron chi connectivity index (χ4n) is 2.75. The Morgan fingerprint density at radius 3 is 2.55 bits per heavy atom. The van der Waals surface area contributed by atoms with Crippen molar-refractivity contribution in [1.82, 2.24) is 9.78 Å². The molecule has 12 heteroatoms. The van der Waals surface area contributed by atoms with Crippen LogP contribution in [0.4, 0.5) is 27.6 Å².